The van der Waals surface area contributed by atoms with Crippen LogP contribution in [-0.2, 0) is 24.1 Å². The van der Waals surface area contributed by atoms with Crippen LogP contribution in [0.1, 0.15) is 35.1 Å². The van der Waals surface area contributed by atoms with Crippen LogP contribution in [0.25, 0.3) is 0 Å². The summed E-state index contributed by atoms with van der Waals surface area (Å²) in [5, 5.41) is 0. The van der Waals surface area contributed by atoms with Gasteiger partial charge in [-0.05, 0) is 30.5 Å². The zero-order valence-electron chi connectivity index (χ0n) is 12.7. The number of nitrogens with zero attached hydrogens (tertiary/aromatic N) is 3. The highest BCUT2D eigenvalue weighted by atomic mass is 16.5. The van der Waals surface area contributed by atoms with E-state index < -0.39 is 0 Å². The molecule has 0 aliphatic carbocycles. The van der Waals surface area contributed by atoms with E-state index in [2.05, 4.69) is 14.9 Å². The molecule has 0 radical (unpaired) electrons. The van der Waals surface area contributed by atoms with Gasteiger partial charge >= 0.3 is 0 Å². The van der Waals surface area contributed by atoms with Crippen molar-refractivity contribution in [2.45, 2.75) is 31.7 Å². The molecule has 0 aromatic carbocycles. The lowest BCUT2D eigenvalue weighted by atomic mass is 9.96. The van der Waals surface area contributed by atoms with Crippen LogP contribution < -0.4 is 0 Å². The van der Waals surface area contributed by atoms with Crippen molar-refractivity contribution in [3.05, 3.63) is 47.4 Å². The summed E-state index contributed by atoms with van der Waals surface area (Å²) in [6.07, 6.45) is 6.56. The van der Waals surface area contributed by atoms with Gasteiger partial charge < -0.3 is 9.15 Å². The number of hydrogen-bond acceptors (Lipinski definition) is 5. The van der Waals surface area contributed by atoms with Crippen LogP contribution >= 0.6 is 0 Å². The molecule has 1 saturated heterocycles. The molecular formula is C17H21N3O2. The molecule has 116 valence electrons. The van der Waals surface area contributed by atoms with E-state index in [-0.39, 0.29) is 0 Å². The molecule has 0 amide bonds. The van der Waals surface area contributed by atoms with Crippen molar-refractivity contribution in [2.75, 3.05) is 26.3 Å². The molecule has 4 heterocycles. The van der Waals surface area contributed by atoms with Crippen molar-refractivity contribution < 1.29 is 9.15 Å². The molecule has 5 heteroatoms. The number of ether oxygens (including phenoxy) is 1. The maximum absolute atomic E-state index is 5.54. The van der Waals surface area contributed by atoms with Crippen LogP contribution in [0.5, 0.6) is 0 Å². The maximum atomic E-state index is 5.54. The highest BCUT2D eigenvalue weighted by molar-refractivity contribution is 5.30. The number of hydrogen-bond donors (Lipinski definition) is 0. The first-order valence-corrected chi connectivity index (χ1v) is 8.05. The van der Waals surface area contributed by atoms with E-state index in [1.165, 1.54) is 17.0 Å². The second-order valence-electron chi connectivity index (χ2n) is 6.10. The molecule has 1 atom stereocenters. The van der Waals surface area contributed by atoms with Crippen LogP contribution in [-0.4, -0.2) is 41.2 Å². The summed E-state index contributed by atoms with van der Waals surface area (Å²) in [7, 11) is 0. The molecule has 2 aromatic heterocycles. The Balaban J connectivity index is 1.52. The Morgan fingerprint density at radius 1 is 1.23 bits per heavy atom. The lowest BCUT2D eigenvalue weighted by molar-refractivity contribution is 0.193. The lowest BCUT2D eigenvalue weighted by Crippen LogP contribution is -2.25. The van der Waals surface area contributed by atoms with E-state index in [9.17, 15) is 0 Å². The molecule has 22 heavy (non-hydrogen) atoms. The van der Waals surface area contributed by atoms with Crippen molar-refractivity contribution >= 4 is 0 Å². The molecule has 2 aromatic rings. The monoisotopic (exact) mass is 299 g/mol. The first-order chi connectivity index (χ1) is 10.9. The SMILES string of the molecule is c1coc(CN2CCc3ncnc([C@@H]4CCOC4)c3CC2)c1. The highest BCUT2D eigenvalue weighted by Crippen LogP contribution is 2.29. The molecule has 2 aliphatic heterocycles. The molecule has 1 fully saturated rings. The predicted molar refractivity (Wildman–Crippen MR) is 81.6 cm³/mol. The molecule has 2 aliphatic rings. The minimum atomic E-state index is 0.452. The minimum absolute atomic E-state index is 0.452. The molecule has 0 unspecified atom stereocenters. The van der Waals surface area contributed by atoms with Gasteiger partial charge in [-0.2, -0.15) is 0 Å². The van der Waals surface area contributed by atoms with Gasteiger partial charge in [-0.25, -0.2) is 9.97 Å². The van der Waals surface area contributed by atoms with Crippen LogP contribution in [0.4, 0.5) is 0 Å². The van der Waals surface area contributed by atoms with Crippen LogP contribution in [0.3, 0.4) is 0 Å². The van der Waals surface area contributed by atoms with E-state index in [1.54, 1.807) is 12.6 Å². The Bertz CT molecular complexity index is 621. The van der Waals surface area contributed by atoms with Crippen LogP contribution in [0.2, 0.25) is 0 Å². The number of fused-ring (bicyclic) bond motifs is 1. The fourth-order valence-corrected chi connectivity index (χ4v) is 3.48. The topological polar surface area (TPSA) is 51.4 Å². The Morgan fingerprint density at radius 2 is 2.18 bits per heavy atom. The van der Waals surface area contributed by atoms with Gasteiger partial charge in [0.1, 0.15) is 12.1 Å². The standard InChI is InChI=1S/C17H21N3O2/c1-2-14(22-8-1)10-20-6-3-15-16(4-7-20)18-12-19-17(15)13-5-9-21-11-13/h1-2,8,12-13H,3-7,9-11H2/t13-/m1/s1. The Morgan fingerprint density at radius 3 is 3.00 bits per heavy atom. The molecule has 0 N–H and O–H groups in total. The Kier molecular flexibility index (Phi) is 3.91. The molecule has 0 spiro atoms. The van der Waals surface area contributed by atoms with Crippen molar-refractivity contribution in [1.82, 2.24) is 14.9 Å². The fourth-order valence-electron chi connectivity index (χ4n) is 3.48. The van der Waals surface area contributed by atoms with Crippen molar-refractivity contribution in [2.24, 2.45) is 0 Å². The average molecular weight is 299 g/mol. The normalized spacial score (nSPS) is 22.5. The van der Waals surface area contributed by atoms with Crippen molar-refractivity contribution in [3.8, 4) is 0 Å². The van der Waals surface area contributed by atoms with Gasteiger partial charge in [-0.15, -0.1) is 0 Å². The van der Waals surface area contributed by atoms with Gasteiger partial charge in [0.2, 0.25) is 0 Å². The summed E-state index contributed by atoms with van der Waals surface area (Å²) < 4.78 is 11.0. The molecule has 5 nitrogen and oxygen atoms in total. The van der Waals surface area contributed by atoms with E-state index >= 15 is 0 Å². The van der Waals surface area contributed by atoms with E-state index in [0.29, 0.717) is 5.92 Å². The lowest BCUT2D eigenvalue weighted by Gasteiger charge is -2.18. The van der Waals surface area contributed by atoms with Gasteiger partial charge in [-0.3, -0.25) is 4.90 Å². The maximum Gasteiger partial charge on any atom is 0.117 e. The van der Waals surface area contributed by atoms with Gasteiger partial charge in [0.25, 0.3) is 0 Å². The zero-order valence-corrected chi connectivity index (χ0v) is 12.7. The molecular weight excluding hydrogens is 278 g/mol. The van der Waals surface area contributed by atoms with Gasteiger partial charge in [0.15, 0.2) is 0 Å². The fraction of sp³-hybridized carbons (Fsp3) is 0.529. The Labute approximate surface area is 130 Å². The summed E-state index contributed by atoms with van der Waals surface area (Å²) >= 11 is 0. The van der Waals surface area contributed by atoms with Crippen LogP contribution in [0, 0.1) is 0 Å². The summed E-state index contributed by atoms with van der Waals surface area (Å²) in [6.45, 7) is 4.58. The predicted octanol–water partition coefficient (Wildman–Crippen LogP) is 2.17. The van der Waals surface area contributed by atoms with Gasteiger partial charge in [-0.1, -0.05) is 0 Å². The smallest absolute Gasteiger partial charge is 0.117 e. The number of rotatable bonds is 3. The second kappa shape index (κ2) is 6.18. The van der Waals surface area contributed by atoms with Crippen molar-refractivity contribution in [1.29, 1.82) is 0 Å². The van der Waals surface area contributed by atoms with Crippen molar-refractivity contribution in [3.63, 3.8) is 0 Å². The largest absolute Gasteiger partial charge is 0.468 e. The Hall–Kier alpha value is -1.72. The third-order valence-corrected chi connectivity index (χ3v) is 4.69. The first kappa shape index (κ1) is 13.9. The molecule has 0 saturated carbocycles. The second-order valence-corrected chi connectivity index (χ2v) is 6.10. The average Bonchev–Trinajstić information content (AvgIpc) is 3.20. The number of furan rings is 1. The third kappa shape index (κ3) is 2.78. The molecule has 0 bridgehead atoms. The summed E-state index contributed by atoms with van der Waals surface area (Å²) in [5.41, 5.74) is 3.81. The molecule has 4 rings (SSSR count). The van der Waals surface area contributed by atoms with E-state index in [0.717, 1.165) is 57.9 Å². The minimum Gasteiger partial charge on any atom is -0.468 e. The third-order valence-electron chi connectivity index (χ3n) is 4.69. The van der Waals surface area contributed by atoms with Gasteiger partial charge in [0, 0.05) is 37.7 Å². The summed E-state index contributed by atoms with van der Waals surface area (Å²) in [5.74, 6) is 1.48. The van der Waals surface area contributed by atoms with E-state index in [1.807, 2.05) is 12.1 Å². The van der Waals surface area contributed by atoms with Crippen LogP contribution in [0.15, 0.2) is 29.1 Å². The zero-order chi connectivity index (χ0) is 14.8. The number of aromatic nitrogens is 2. The first-order valence-electron chi connectivity index (χ1n) is 8.05. The van der Waals surface area contributed by atoms with E-state index in [4.69, 9.17) is 9.15 Å². The summed E-state index contributed by atoms with van der Waals surface area (Å²) in [6, 6.07) is 3.99. The van der Waals surface area contributed by atoms with Gasteiger partial charge in [0.05, 0.1) is 25.1 Å². The quantitative estimate of drug-likeness (QED) is 0.869. The summed E-state index contributed by atoms with van der Waals surface area (Å²) in [4.78, 5) is 11.6. The highest BCUT2D eigenvalue weighted by Gasteiger charge is 2.26.